The second kappa shape index (κ2) is 7.52. The maximum atomic E-state index is 13.4. The fraction of sp³-hybridized carbons (Fsp3) is 0.467. The van der Waals surface area contributed by atoms with Gasteiger partial charge in [-0.15, -0.1) is 0 Å². The zero-order valence-corrected chi connectivity index (χ0v) is 11.3. The van der Waals surface area contributed by atoms with Crippen molar-refractivity contribution in [1.82, 2.24) is 5.32 Å². The van der Waals surface area contributed by atoms with E-state index in [9.17, 15) is 9.18 Å². The number of benzene rings is 1. The number of hydrogen-bond donors (Lipinski definition) is 1. The lowest BCUT2D eigenvalue weighted by atomic mass is 9.99. The van der Waals surface area contributed by atoms with E-state index >= 15 is 0 Å². The minimum absolute atomic E-state index is 0.0842. The maximum absolute atomic E-state index is 13.4. The molecule has 0 aliphatic heterocycles. The van der Waals surface area contributed by atoms with Crippen LogP contribution in [0.25, 0.3) is 0 Å². The van der Waals surface area contributed by atoms with Gasteiger partial charge in [0.2, 0.25) is 5.91 Å². The fourth-order valence-corrected chi connectivity index (χ4v) is 1.78. The van der Waals surface area contributed by atoms with Gasteiger partial charge in [-0.3, -0.25) is 4.79 Å². The van der Waals surface area contributed by atoms with Crippen molar-refractivity contribution >= 4 is 5.91 Å². The van der Waals surface area contributed by atoms with Crippen molar-refractivity contribution in [2.45, 2.75) is 39.2 Å². The summed E-state index contributed by atoms with van der Waals surface area (Å²) < 4.78 is 13.4. The van der Waals surface area contributed by atoms with Crippen LogP contribution in [0.3, 0.4) is 0 Å². The van der Waals surface area contributed by atoms with E-state index in [4.69, 9.17) is 5.26 Å². The number of halogens is 1. The SMILES string of the molecule is C[C@H](CC#N)NC(=O)[C@@H](C)CCc1ccccc1F. The average Bonchev–Trinajstić information content (AvgIpc) is 2.37. The Balaban J connectivity index is 2.43. The molecule has 0 unspecified atom stereocenters. The largest absolute Gasteiger partial charge is 0.352 e. The molecular weight excluding hydrogens is 243 g/mol. The van der Waals surface area contributed by atoms with Gasteiger partial charge in [0, 0.05) is 12.0 Å². The van der Waals surface area contributed by atoms with Gasteiger partial charge in [0.25, 0.3) is 0 Å². The van der Waals surface area contributed by atoms with Gasteiger partial charge >= 0.3 is 0 Å². The summed E-state index contributed by atoms with van der Waals surface area (Å²) >= 11 is 0. The second-order valence-corrected chi connectivity index (χ2v) is 4.80. The van der Waals surface area contributed by atoms with E-state index in [1.165, 1.54) is 6.07 Å². The monoisotopic (exact) mass is 262 g/mol. The first kappa shape index (κ1) is 15.2. The molecule has 0 heterocycles. The van der Waals surface area contributed by atoms with Crippen LogP contribution in [-0.4, -0.2) is 11.9 Å². The summed E-state index contributed by atoms with van der Waals surface area (Å²) in [6, 6.07) is 8.47. The van der Waals surface area contributed by atoms with Gasteiger partial charge in [-0.25, -0.2) is 4.39 Å². The van der Waals surface area contributed by atoms with Crippen LogP contribution < -0.4 is 5.32 Å². The Morgan fingerprint density at radius 3 is 2.74 bits per heavy atom. The normalized spacial score (nSPS) is 13.4. The number of nitrogens with one attached hydrogen (secondary N) is 1. The third-order valence-electron chi connectivity index (χ3n) is 3.04. The number of nitrogens with zero attached hydrogens (tertiary/aromatic N) is 1. The van der Waals surface area contributed by atoms with Crippen molar-refractivity contribution < 1.29 is 9.18 Å². The third-order valence-corrected chi connectivity index (χ3v) is 3.04. The molecule has 0 aliphatic rings. The zero-order chi connectivity index (χ0) is 14.3. The van der Waals surface area contributed by atoms with Gasteiger partial charge in [-0.1, -0.05) is 25.1 Å². The van der Waals surface area contributed by atoms with Gasteiger partial charge in [0.15, 0.2) is 0 Å². The summed E-state index contributed by atoms with van der Waals surface area (Å²) in [4.78, 5) is 11.8. The molecule has 1 N–H and O–H groups in total. The van der Waals surface area contributed by atoms with Crippen molar-refractivity contribution in [3.63, 3.8) is 0 Å². The van der Waals surface area contributed by atoms with Crippen LogP contribution >= 0.6 is 0 Å². The van der Waals surface area contributed by atoms with Crippen molar-refractivity contribution in [2.75, 3.05) is 0 Å². The first-order chi connectivity index (χ1) is 9.04. The van der Waals surface area contributed by atoms with E-state index in [1.54, 1.807) is 25.1 Å². The summed E-state index contributed by atoms with van der Waals surface area (Å²) in [6.07, 6.45) is 1.42. The first-order valence-electron chi connectivity index (χ1n) is 6.45. The number of aryl methyl sites for hydroxylation is 1. The molecule has 1 aromatic carbocycles. The predicted octanol–water partition coefficient (Wildman–Crippen LogP) is 2.81. The number of hydrogen-bond acceptors (Lipinski definition) is 2. The Morgan fingerprint density at radius 1 is 1.42 bits per heavy atom. The van der Waals surface area contributed by atoms with E-state index < -0.39 is 0 Å². The topological polar surface area (TPSA) is 52.9 Å². The van der Waals surface area contributed by atoms with Crippen molar-refractivity contribution in [1.29, 1.82) is 5.26 Å². The highest BCUT2D eigenvalue weighted by Gasteiger charge is 2.15. The fourth-order valence-electron chi connectivity index (χ4n) is 1.78. The molecule has 0 saturated heterocycles. The van der Waals surface area contributed by atoms with E-state index in [0.717, 1.165) is 0 Å². The molecule has 19 heavy (non-hydrogen) atoms. The van der Waals surface area contributed by atoms with Gasteiger partial charge in [-0.05, 0) is 31.4 Å². The number of carbonyl (C=O) groups is 1. The number of carbonyl (C=O) groups excluding carboxylic acids is 1. The van der Waals surface area contributed by atoms with E-state index in [1.807, 2.05) is 13.0 Å². The molecule has 0 fully saturated rings. The summed E-state index contributed by atoms with van der Waals surface area (Å²) in [5, 5.41) is 11.3. The van der Waals surface area contributed by atoms with Gasteiger partial charge in [0.1, 0.15) is 5.82 Å². The van der Waals surface area contributed by atoms with Crippen LogP contribution in [0.4, 0.5) is 4.39 Å². The highest BCUT2D eigenvalue weighted by molar-refractivity contribution is 5.78. The lowest BCUT2D eigenvalue weighted by Crippen LogP contribution is -2.36. The van der Waals surface area contributed by atoms with Crippen LogP contribution in [0.15, 0.2) is 24.3 Å². The van der Waals surface area contributed by atoms with Gasteiger partial charge in [0.05, 0.1) is 12.5 Å². The molecule has 1 rings (SSSR count). The summed E-state index contributed by atoms with van der Waals surface area (Å²) in [5.74, 6) is -0.507. The third kappa shape index (κ3) is 5.09. The minimum atomic E-state index is -0.229. The lowest BCUT2D eigenvalue weighted by molar-refractivity contribution is -0.125. The Kier molecular flexibility index (Phi) is 6.01. The van der Waals surface area contributed by atoms with Gasteiger partial charge < -0.3 is 5.32 Å². The maximum Gasteiger partial charge on any atom is 0.223 e. The Hall–Kier alpha value is -1.89. The van der Waals surface area contributed by atoms with Crippen LogP contribution in [0.2, 0.25) is 0 Å². The van der Waals surface area contributed by atoms with Crippen molar-refractivity contribution in [3.05, 3.63) is 35.6 Å². The average molecular weight is 262 g/mol. The molecule has 3 nitrogen and oxygen atoms in total. The van der Waals surface area contributed by atoms with Crippen LogP contribution in [-0.2, 0) is 11.2 Å². The smallest absolute Gasteiger partial charge is 0.223 e. The molecule has 0 aliphatic carbocycles. The van der Waals surface area contributed by atoms with Crippen LogP contribution in [0, 0.1) is 23.1 Å². The predicted molar refractivity (Wildman–Crippen MR) is 71.7 cm³/mol. The molecule has 0 saturated carbocycles. The summed E-state index contributed by atoms with van der Waals surface area (Å²) in [6.45, 7) is 3.61. The molecule has 1 amide bonds. The minimum Gasteiger partial charge on any atom is -0.352 e. The Morgan fingerprint density at radius 2 is 2.11 bits per heavy atom. The summed E-state index contributed by atoms with van der Waals surface area (Å²) in [5.41, 5.74) is 0.632. The second-order valence-electron chi connectivity index (χ2n) is 4.80. The molecule has 0 radical (unpaired) electrons. The highest BCUT2D eigenvalue weighted by atomic mass is 19.1. The van der Waals surface area contributed by atoms with E-state index in [-0.39, 0.29) is 23.7 Å². The van der Waals surface area contributed by atoms with Crippen molar-refractivity contribution in [2.24, 2.45) is 5.92 Å². The summed E-state index contributed by atoms with van der Waals surface area (Å²) in [7, 11) is 0. The van der Waals surface area contributed by atoms with Gasteiger partial charge in [-0.2, -0.15) is 5.26 Å². The molecule has 1 aromatic rings. The van der Waals surface area contributed by atoms with E-state index in [0.29, 0.717) is 24.8 Å². The number of amides is 1. The van der Waals surface area contributed by atoms with Crippen LogP contribution in [0.1, 0.15) is 32.3 Å². The Labute approximate surface area is 113 Å². The highest BCUT2D eigenvalue weighted by Crippen LogP contribution is 2.13. The first-order valence-corrected chi connectivity index (χ1v) is 6.45. The van der Waals surface area contributed by atoms with E-state index in [2.05, 4.69) is 5.32 Å². The number of rotatable bonds is 6. The van der Waals surface area contributed by atoms with Crippen molar-refractivity contribution in [3.8, 4) is 6.07 Å². The molecule has 2 atom stereocenters. The molecule has 102 valence electrons. The Bertz CT molecular complexity index is 467. The molecule has 0 bridgehead atoms. The lowest BCUT2D eigenvalue weighted by Gasteiger charge is -2.15. The van der Waals surface area contributed by atoms with Crippen LogP contribution in [0.5, 0.6) is 0 Å². The number of nitriles is 1. The molecule has 0 spiro atoms. The standard InChI is InChI=1S/C15H19FN2O/c1-11(15(19)18-12(2)9-10-17)7-8-13-5-3-4-6-14(13)16/h3-6,11-12H,7-9H2,1-2H3,(H,18,19)/t11-,12+/m0/s1. The molecule has 4 heteroatoms. The zero-order valence-electron chi connectivity index (χ0n) is 11.3. The molecule has 0 aromatic heterocycles. The molecular formula is C15H19FN2O. The quantitative estimate of drug-likeness (QED) is 0.857.